The van der Waals surface area contributed by atoms with Crippen LogP contribution < -0.4 is 5.69 Å². The number of alkyl halides is 3. The molecule has 4 heterocycles. The third kappa shape index (κ3) is 4.68. The first-order valence-corrected chi connectivity index (χ1v) is 13.0. The first-order chi connectivity index (χ1) is 19.6. The topological polar surface area (TPSA) is 78.0 Å². The summed E-state index contributed by atoms with van der Waals surface area (Å²) in [4.78, 5) is 32.1. The van der Waals surface area contributed by atoms with E-state index in [0.717, 1.165) is 23.2 Å². The number of amides is 1. The Labute approximate surface area is 231 Å². The van der Waals surface area contributed by atoms with Crippen LogP contribution in [0.5, 0.6) is 0 Å². The number of hydrogen-bond donors (Lipinski definition) is 0. The van der Waals surface area contributed by atoms with Crippen molar-refractivity contribution in [3.8, 4) is 16.9 Å². The lowest BCUT2D eigenvalue weighted by atomic mass is 10.0. The van der Waals surface area contributed by atoms with Crippen LogP contribution in [0.4, 0.5) is 17.6 Å². The van der Waals surface area contributed by atoms with Crippen molar-refractivity contribution in [2.75, 3.05) is 13.1 Å². The number of pyridine rings is 1. The van der Waals surface area contributed by atoms with Gasteiger partial charge in [0.2, 0.25) is 0 Å². The molecule has 0 aliphatic carbocycles. The molecule has 41 heavy (non-hydrogen) atoms. The number of hydrogen-bond acceptors (Lipinski definition) is 4. The van der Waals surface area contributed by atoms with Gasteiger partial charge >= 0.3 is 11.9 Å². The molecule has 0 radical (unpaired) electrons. The van der Waals surface area contributed by atoms with Crippen molar-refractivity contribution in [3.05, 3.63) is 101 Å². The zero-order valence-electron chi connectivity index (χ0n) is 21.8. The molecule has 1 amide bonds. The van der Waals surface area contributed by atoms with Crippen molar-refractivity contribution in [1.29, 1.82) is 0 Å². The van der Waals surface area contributed by atoms with Crippen molar-refractivity contribution < 1.29 is 22.4 Å². The number of halogens is 4. The molecule has 1 fully saturated rings. The van der Waals surface area contributed by atoms with Gasteiger partial charge in [0.25, 0.3) is 5.91 Å². The number of aromatic nitrogens is 5. The minimum atomic E-state index is -4.84. The second-order valence-corrected chi connectivity index (χ2v) is 9.95. The molecule has 5 aromatic rings. The van der Waals surface area contributed by atoms with Crippen molar-refractivity contribution in [1.82, 2.24) is 28.8 Å². The predicted molar refractivity (Wildman–Crippen MR) is 143 cm³/mol. The Balaban J connectivity index is 1.29. The fraction of sp³-hybridized carbons (Fsp3) is 0.241. The zero-order valence-corrected chi connectivity index (χ0v) is 21.8. The summed E-state index contributed by atoms with van der Waals surface area (Å²) in [6, 6.07) is 14.9. The maximum Gasteiger partial charge on any atom is 0.419 e. The van der Waals surface area contributed by atoms with Crippen LogP contribution >= 0.6 is 0 Å². The Morgan fingerprint density at radius 1 is 0.951 bits per heavy atom. The number of para-hydroxylation sites is 2. The number of benzene rings is 2. The fourth-order valence-corrected chi connectivity index (χ4v) is 5.44. The number of imidazole rings is 1. The molecule has 1 aliphatic heterocycles. The molecule has 0 saturated carbocycles. The average molecular weight is 565 g/mol. The van der Waals surface area contributed by atoms with Crippen LogP contribution in [0, 0.1) is 5.82 Å². The minimum absolute atomic E-state index is 0.0374. The lowest BCUT2D eigenvalue weighted by molar-refractivity contribution is -0.140. The van der Waals surface area contributed by atoms with Gasteiger partial charge in [0.1, 0.15) is 5.82 Å². The second-order valence-electron chi connectivity index (χ2n) is 9.95. The minimum Gasteiger partial charge on any atom is -0.337 e. The van der Waals surface area contributed by atoms with Gasteiger partial charge in [0.15, 0.2) is 5.69 Å². The molecule has 0 atom stereocenters. The second kappa shape index (κ2) is 10.0. The zero-order chi connectivity index (χ0) is 28.9. The molecule has 8 nitrogen and oxygen atoms in total. The molecule has 1 saturated heterocycles. The van der Waals surface area contributed by atoms with E-state index in [9.17, 15) is 27.2 Å². The van der Waals surface area contributed by atoms with E-state index in [1.807, 2.05) is 24.3 Å². The molecule has 2 aromatic carbocycles. The van der Waals surface area contributed by atoms with Crippen LogP contribution in [0.1, 0.15) is 34.9 Å². The summed E-state index contributed by atoms with van der Waals surface area (Å²) in [6.07, 6.45) is -0.669. The lowest BCUT2D eigenvalue weighted by Gasteiger charge is -2.32. The SMILES string of the molecule is Cn1c(=O)n(C2CCN(C(=O)c3cc(-c4ccncc4)n(-c4ccc(C(F)(F)F)c(F)c4)n3)CC2)c2ccccc21. The van der Waals surface area contributed by atoms with Crippen LogP contribution in [-0.4, -0.2) is 47.8 Å². The summed E-state index contributed by atoms with van der Waals surface area (Å²) in [7, 11) is 1.74. The number of carbonyl (C=O) groups is 1. The van der Waals surface area contributed by atoms with Gasteiger partial charge < -0.3 is 4.90 Å². The maximum atomic E-state index is 14.5. The van der Waals surface area contributed by atoms with Gasteiger partial charge in [-0.3, -0.25) is 18.9 Å². The summed E-state index contributed by atoms with van der Waals surface area (Å²) in [5.74, 6) is -1.81. The van der Waals surface area contributed by atoms with Gasteiger partial charge in [-0.1, -0.05) is 12.1 Å². The molecule has 0 bridgehead atoms. The maximum absolute atomic E-state index is 14.5. The van der Waals surface area contributed by atoms with E-state index >= 15 is 0 Å². The molecular formula is C29H24F4N6O2. The molecule has 0 N–H and O–H groups in total. The number of likely N-dealkylation sites (tertiary alicyclic amines) is 1. The van der Waals surface area contributed by atoms with E-state index in [2.05, 4.69) is 10.1 Å². The highest BCUT2D eigenvalue weighted by Crippen LogP contribution is 2.33. The van der Waals surface area contributed by atoms with Crippen LogP contribution in [0.25, 0.3) is 28.0 Å². The quantitative estimate of drug-likeness (QED) is 0.281. The monoisotopic (exact) mass is 564 g/mol. The molecule has 210 valence electrons. The predicted octanol–water partition coefficient (Wildman–Crippen LogP) is 5.22. The average Bonchev–Trinajstić information content (AvgIpc) is 3.52. The fourth-order valence-electron chi connectivity index (χ4n) is 5.44. The van der Waals surface area contributed by atoms with Gasteiger partial charge in [0, 0.05) is 50.2 Å². The van der Waals surface area contributed by atoms with Gasteiger partial charge in [-0.25, -0.2) is 13.9 Å². The number of aryl methyl sites for hydroxylation is 1. The number of rotatable bonds is 4. The van der Waals surface area contributed by atoms with Crippen molar-refractivity contribution >= 4 is 16.9 Å². The largest absolute Gasteiger partial charge is 0.419 e. The standard InChI is InChI=1S/C29H24F4N6O2/c1-36-24-4-2-3-5-25(24)38(28(36)41)19-10-14-37(15-11-19)27(40)23-17-26(18-8-12-34-13-9-18)39(35-23)20-6-7-21(22(30)16-20)29(31,32)33/h2-9,12-13,16-17,19H,10-11,14-15H2,1H3. The van der Waals surface area contributed by atoms with E-state index in [4.69, 9.17) is 0 Å². The van der Waals surface area contributed by atoms with Crippen LogP contribution in [0.15, 0.2) is 77.9 Å². The summed E-state index contributed by atoms with van der Waals surface area (Å²) in [5.41, 5.74) is 1.28. The highest BCUT2D eigenvalue weighted by Gasteiger charge is 2.34. The number of piperidine rings is 1. The third-order valence-corrected chi connectivity index (χ3v) is 7.52. The van der Waals surface area contributed by atoms with E-state index in [1.165, 1.54) is 23.1 Å². The first-order valence-electron chi connectivity index (χ1n) is 13.0. The summed E-state index contributed by atoms with van der Waals surface area (Å²) < 4.78 is 58.5. The highest BCUT2D eigenvalue weighted by atomic mass is 19.4. The lowest BCUT2D eigenvalue weighted by Crippen LogP contribution is -2.41. The van der Waals surface area contributed by atoms with Gasteiger partial charge in [-0.2, -0.15) is 18.3 Å². The molecule has 0 unspecified atom stereocenters. The first kappa shape index (κ1) is 26.5. The van der Waals surface area contributed by atoms with Crippen LogP contribution in [0.2, 0.25) is 0 Å². The van der Waals surface area contributed by atoms with Crippen LogP contribution in [-0.2, 0) is 13.2 Å². The number of nitrogens with zero attached hydrogens (tertiary/aromatic N) is 6. The highest BCUT2D eigenvalue weighted by molar-refractivity contribution is 5.93. The molecule has 0 spiro atoms. The molecular weight excluding hydrogens is 540 g/mol. The Bertz CT molecular complexity index is 1810. The Hall–Kier alpha value is -4.74. The molecule has 3 aromatic heterocycles. The molecule has 6 rings (SSSR count). The summed E-state index contributed by atoms with van der Waals surface area (Å²) >= 11 is 0. The Kier molecular flexibility index (Phi) is 6.47. The van der Waals surface area contributed by atoms with Crippen molar-refractivity contribution in [2.45, 2.75) is 25.1 Å². The summed E-state index contributed by atoms with van der Waals surface area (Å²) in [6.45, 7) is 0.761. The number of carbonyl (C=O) groups excluding carboxylic acids is 1. The van der Waals surface area contributed by atoms with Crippen molar-refractivity contribution in [2.24, 2.45) is 7.05 Å². The molecule has 12 heteroatoms. The van der Waals surface area contributed by atoms with E-state index in [-0.39, 0.29) is 29.0 Å². The van der Waals surface area contributed by atoms with E-state index in [0.29, 0.717) is 43.3 Å². The normalized spacial score (nSPS) is 14.6. The summed E-state index contributed by atoms with van der Waals surface area (Å²) in [5, 5.41) is 4.40. The van der Waals surface area contributed by atoms with Gasteiger partial charge in [0.05, 0.1) is 28.0 Å². The smallest absolute Gasteiger partial charge is 0.337 e. The third-order valence-electron chi connectivity index (χ3n) is 7.52. The number of fused-ring (bicyclic) bond motifs is 1. The Morgan fingerprint density at radius 3 is 2.29 bits per heavy atom. The van der Waals surface area contributed by atoms with E-state index in [1.54, 1.807) is 33.2 Å². The molecule has 1 aliphatic rings. The Morgan fingerprint density at radius 2 is 1.63 bits per heavy atom. The van der Waals surface area contributed by atoms with Gasteiger partial charge in [-0.05, 0) is 55.3 Å². The van der Waals surface area contributed by atoms with Gasteiger partial charge in [-0.15, -0.1) is 0 Å². The van der Waals surface area contributed by atoms with E-state index < -0.39 is 17.6 Å². The van der Waals surface area contributed by atoms with Crippen LogP contribution in [0.3, 0.4) is 0 Å². The van der Waals surface area contributed by atoms with Crippen molar-refractivity contribution in [3.63, 3.8) is 0 Å².